The largest absolute Gasteiger partial charge is 0.463 e. The Bertz CT molecular complexity index is 2040. The van der Waals surface area contributed by atoms with Gasteiger partial charge < -0.3 is 10.5 Å². The van der Waals surface area contributed by atoms with Crippen molar-refractivity contribution in [1.29, 1.82) is 0 Å². The molecule has 0 unspecified atom stereocenters. The van der Waals surface area contributed by atoms with Crippen LogP contribution in [-0.2, 0) is 19.9 Å². The number of ether oxygens (including phenoxy) is 1. The molecular formula is C35H36ClF5N8O3. The number of nitrogens with two attached hydrogens (primary N) is 1. The summed E-state index contributed by atoms with van der Waals surface area (Å²) in [6.07, 6.45) is 0.837. The molecule has 0 spiro atoms. The smallest absolute Gasteiger partial charge is 0.333 e. The van der Waals surface area contributed by atoms with Crippen molar-refractivity contribution in [3.05, 3.63) is 82.8 Å². The highest BCUT2D eigenvalue weighted by molar-refractivity contribution is 6.32. The first-order chi connectivity index (χ1) is 24.4. The zero-order chi connectivity index (χ0) is 37.7. The van der Waals surface area contributed by atoms with Crippen LogP contribution in [0.4, 0.5) is 22.0 Å². The van der Waals surface area contributed by atoms with Gasteiger partial charge in [0.15, 0.2) is 17.3 Å². The predicted octanol–water partition coefficient (Wildman–Crippen LogP) is 7.52. The molecule has 52 heavy (non-hydrogen) atoms. The van der Waals surface area contributed by atoms with Crippen molar-refractivity contribution >= 4 is 29.4 Å². The number of alkyl halides is 4. The summed E-state index contributed by atoms with van der Waals surface area (Å²) in [7, 11) is 0. The molecule has 1 aliphatic carbocycles. The number of esters is 1. The summed E-state index contributed by atoms with van der Waals surface area (Å²) in [6.45, 7) is 4.15. The summed E-state index contributed by atoms with van der Waals surface area (Å²) in [5.74, 6) is -3.11. The molecule has 2 atom stereocenters. The van der Waals surface area contributed by atoms with Gasteiger partial charge in [0.2, 0.25) is 0 Å². The Hall–Kier alpha value is -4.86. The number of hydrogen-bond acceptors (Lipinski definition) is 8. The monoisotopic (exact) mass is 746 g/mol. The molecule has 4 aromatic rings. The summed E-state index contributed by atoms with van der Waals surface area (Å²) in [6, 6.07) is 8.34. The van der Waals surface area contributed by atoms with Crippen LogP contribution >= 0.6 is 11.6 Å². The van der Waals surface area contributed by atoms with Gasteiger partial charge in [-0.05, 0) is 59.9 Å². The summed E-state index contributed by atoms with van der Waals surface area (Å²) >= 11 is 6.45. The van der Waals surface area contributed by atoms with Crippen LogP contribution in [0.1, 0.15) is 89.3 Å². The molecule has 0 bridgehead atoms. The first kappa shape index (κ1) is 36.9. The van der Waals surface area contributed by atoms with Gasteiger partial charge in [-0.1, -0.05) is 57.5 Å². The number of halogens is 6. The minimum absolute atomic E-state index is 0.00723. The van der Waals surface area contributed by atoms with E-state index in [9.17, 15) is 27.2 Å². The molecule has 17 heteroatoms. The second kappa shape index (κ2) is 13.6. The van der Waals surface area contributed by atoms with Gasteiger partial charge in [-0.25, -0.2) is 32.5 Å². The summed E-state index contributed by atoms with van der Waals surface area (Å²) < 4.78 is 77.3. The van der Waals surface area contributed by atoms with Crippen LogP contribution < -0.4 is 5.73 Å². The zero-order valence-corrected chi connectivity index (χ0v) is 29.4. The quantitative estimate of drug-likeness (QED) is 0.117. The molecule has 0 radical (unpaired) electrons. The summed E-state index contributed by atoms with van der Waals surface area (Å²) in [4.78, 5) is 37.3. The summed E-state index contributed by atoms with van der Waals surface area (Å²) in [5.41, 5.74) is 4.22. The lowest BCUT2D eigenvalue weighted by Crippen LogP contribution is -2.47. The fourth-order valence-electron chi connectivity index (χ4n) is 6.43. The van der Waals surface area contributed by atoms with Gasteiger partial charge >= 0.3 is 12.5 Å². The van der Waals surface area contributed by atoms with Crippen molar-refractivity contribution in [2.24, 2.45) is 21.6 Å². The number of carbonyl (C=O) groups excluding carboxylic acids is 2. The van der Waals surface area contributed by atoms with Crippen LogP contribution in [0, 0.1) is 16.6 Å². The number of rotatable bonds is 12. The van der Waals surface area contributed by atoms with Crippen LogP contribution in [-0.4, -0.2) is 53.9 Å². The molecule has 1 fully saturated rings. The Balaban J connectivity index is 1.43. The third-order valence-electron chi connectivity index (χ3n) is 9.17. The van der Waals surface area contributed by atoms with Gasteiger partial charge in [-0.3, -0.25) is 14.5 Å². The zero-order valence-electron chi connectivity index (χ0n) is 28.7. The van der Waals surface area contributed by atoms with Gasteiger partial charge in [0.05, 0.1) is 28.9 Å². The number of nitrogens with zero attached hydrogens (tertiary/aromatic N) is 7. The van der Waals surface area contributed by atoms with Crippen LogP contribution in [0.25, 0.3) is 16.9 Å². The Morgan fingerprint density at radius 3 is 2.44 bits per heavy atom. The van der Waals surface area contributed by atoms with Crippen LogP contribution in [0.15, 0.2) is 60.0 Å². The molecule has 1 saturated carbocycles. The van der Waals surface area contributed by atoms with E-state index in [1.165, 1.54) is 36.4 Å². The first-order valence-corrected chi connectivity index (χ1v) is 16.8. The molecule has 2 aliphatic rings. The molecule has 6 rings (SSSR count). The second-order valence-electron chi connectivity index (χ2n) is 14.6. The fourth-order valence-corrected chi connectivity index (χ4v) is 6.63. The Labute approximate surface area is 300 Å². The SMILES string of the molecule is CC(C)(C)C[C@]1(c2ccc(-c3ccn(C(F)F)n3)cc2F)N=C(N)N([C@H](COC(=O)CC2(C)CC2)c2ccc(Cl)c(-n3ncnc3C(F)F)c2)C1=O. The predicted molar refractivity (Wildman–Crippen MR) is 180 cm³/mol. The normalized spacial score (nSPS) is 19.0. The van der Waals surface area contributed by atoms with E-state index >= 15 is 4.39 Å². The standard InChI is InChI=1S/C35H36ClF5N8O3/c1-33(2,3)17-35(21-7-5-19(13-23(21)37)24-9-12-47(46-24)31(40)41)30(51)48(32(42)45-35)26(16-52-27(50)15-34(4)10-11-34)20-6-8-22(36)25(14-20)49-29(28(38)39)43-18-44-49/h5-9,12-14,18,26,28,31H,10-11,15-17H2,1-4H3,(H2,42,45)/t26-,35-/m1/s1. The Morgan fingerprint density at radius 2 is 1.83 bits per heavy atom. The number of guanidine groups is 1. The van der Waals surface area contributed by atoms with E-state index in [1.807, 2.05) is 27.7 Å². The van der Waals surface area contributed by atoms with E-state index < -0.39 is 60.1 Å². The van der Waals surface area contributed by atoms with Gasteiger partial charge in [0, 0.05) is 17.3 Å². The number of amides is 1. The lowest BCUT2D eigenvalue weighted by atomic mass is 9.75. The van der Waals surface area contributed by atoms with Crippen molar-refractivity contribution in [3.8, 4) is 16.9 Å². The van der Waals surface area contributed by atoms with Crippen LogP contribution in [0.5, 0.6) is 0 Å². The highest BCUT2D eigenvalue weighted by atomic mass is 35.5. The number of carbonyl (C=O) groups is 2. The topological polar surface area (TPSA) is 134 Å². The van der Waals surface area contributed by atoms with Gasteiger partial charge in [-0.2, -0.15) is 19.0 Å². The lowest BCUT2D eigenvalue weighted by molar-refractivity contribution is -0.148. The molecule has 1 amide bonds. The molecule has 11 nitrogen and oxygen atoms in total. The van der Waals surface area contributed by atoms with Crippen molar-refractivity contribution in [2.45, 2.75) is 77.9 Å². The Morgan fingerprint density at radius 1 is 1.10 bits per heavy atom. The molecule has 276 valence electrons. The van der Waals surface area contributed by atoms with Gasteiger partial charge in [-0.15, -0.1) is 0 Å². The Kier molecular flexibility index (Phi) is 9.66. The third kappa shape index (κ3) is 7.25. The van der Waals surface area contributed by atoms with E-state index in [4.69, 9.17) is 22.1 Å². The molecule has 1 aliphatic heterocycles. The maximum Gasteiger partial charge on any atom is 0.333 e. The second-order valence-corrected chi connectivity index (χ2v) is 15.0. The highest BCUT2D eigenvalue weighted by Gasteiger charge is 2.54. The molecule has 2 aromatic heterocycles. The minimum atomic E-state index is -3.00. The van der Waals surface area contributed by atoms with E-state index in [0.717, 1.165) is 41.0 Å². The van der Waals surface area contributed by atoms with Crippen molar-refractivity contribution < 1.29 is 36.3 Å². The maximum absolute atomic E-state index is 16.3. The first-order valence-electron chi connectivity index (χ1n) is 16.4. The lowest BCUT2D eigenvalue weighted by Gasteiger charge is -2.35. The van der Waals surface area contributed by atoms with E-state index in [0.29, 0.717) is 4.68 Å². The van der Waals surface area contributed by atoms with Gasteiger partial charge in [0.1, 0.15) is 18.8 Å². The minimum Gasteiger partial charge on any atom is -0.463 e. The van der Waals surface area contributed by atoms with Crippen molar-refractivity contribution in [3.63, 3.8) is 0 Å². The average Bonchev–Trinajstić information content (AvgIpc) is 3.42. The van der Waals surface area contributed by atoms with Crippen molar-refractivity contribution in [1.82, 2.24) is 29.4 Å². The number of benzene rings is 2. The molecule has 2 aromatic carbocycles. The van der Waals surface area contributed by atoms with Crippen LogP contribution in [0.3, 0.4) is 0 Å². The molecule has 3 heterocycles. The number of aromatic nitrogens is 5. The maximum atomic E-state index is 16.3. The number of hydrogen-bond donors (Lipinski definition) is 1. The van der Waals surface area contributed by atoms with Crippen molar-refractivity contribution in [2.75, 3.05) is 6.61 Å². The van der Waals surface area contributed by atoms with E-state index in [-0.39, 0.29) is 57.3 Å². The third-order valence-corrected chi connectivity index (χ3v) is 9.49. The molecular weight excluding hydrogens is 711 g/mol. The fraction of sp³-hybridized carbons (Fsp3) is 0.429. The number of aliphatic imine (C=N–C) groups is 1. The summed E-state index contributed by atoms with van der Waals surface area (Å²) in [5, 5.41) is 7.75. The average molecular weight is 747 g/mol. The van der Waals surface area contributed by atoms with E-state index in [1.54, 1.807) is 0 Å². The highest BCUT2D eigenvalue weighted by Crippen LogP contribution is 2.49. The molecule has 2 N–H and O–H groups in total. The molecule has 0 saturated heterocycles. The van der Waals surface area contributed by atoms with E-state index in [2.05, 4.69) is 20.2 Å². The van der Waals surface area contributed by atoms with Crippen LogP contribution in [0.2, 0.25) is 5.02 Å². The van der Waals surface area contributed by atoms with Gasteiger partial charge in [0.25, 0.3) is 12.3 Å².